The topological polar surface area (TPSA) is 67.4 Å². The average Bonchev–Trinajstić information content (AvgIpc) is 2.80. The first-order chi connectivity index (χ1) is 9.16. The molecule has 2 aliphatic rings. The van der Waals surface area contributed by atoms with Crippen molar-refractivity contribution < 1.29 is 4.92 Å². The first-order valence-electron chi connectivity index (χ1n) is 6.81. The number of aryl methyl sites for hydroxylation is 1. The lowest BCUT2D eigenvalue weighted by Gasteiger charge is -2.44. The summed E-state index contributed by atoms with van der Waals surface area (Å²) < 4.78 is 1.76. The molecule has 0 radical (unpaired) electrons. The van der Waals surface area contributed by atoms with Crippen LogP contribution in [0.15, 0.2) is 6.33 Å². The van der Waals surface area contributed by atoms with Crippen molar-refractivity contribution >= 4 is 11.6 Å². The van der Waals surface area contributed by atoms with Crippen molar-refractivity contribution in [3.05, 3.63) is 16.4 Å². The third-order valence-electron chi connectivity index (χ3n) is 4.20. The number of nitro groups is 1. The van der Waals surface area contributed by atoms with Crippen molar-refractivity contribution in [3.8, 4) is 0 Å². The quantitative estimate of drug-likeness (QED) is 0.589. The van der Waals surface area contributed by atoms with E-state index >= 15 is 0 Å². The lowest BCUT2D eigenvalue weighted by molar-refractivity contribution is -0.388. The highest BCUT2D eigenvalue weighted by molar-refractivity contribution is 5.55. The largest absolute Gasteiger partial charge is 0.406 e. The average molecular weight is 265 g/mol. The molecule has 2 fully saturated rings. The number of piperazine rings is 1. The van der Waals surface area contributed by atoms with Crippen LogP contribution in [-0.4, -0.2) is 51.6 Å². The molecule has 1 unspecified atom stereocenters. The SMILES string of the molecule is Cn1cnc([N+](=O)[O-])c1N1CCN2CCCCC2C1. The van der Waals surface area contributed by atoms with Crippen LogP contribution in [0, 0.1) is 10.1 Å². The van der Waals surface area contributed by atoms with Gasteiger partial charge in [-0.05, 0) is 29.3 Å². The van der Waals surface area contributed by atoms with Crippen LogP contribution in [0.1, 0.15) is 19.3 Å². The van der Waals surface area contributed by atoms with E-state index in [0.717, 1.165) is 19.6 Å². The highest BCUT2D eigenvalue weighted by Gasteiger charge is 2.33. The molecule has 1 atom stereocenters. The molecule has 19 heavy (non-hydrogen) atoms. The van der Waals surface area contributed by atoms with Crippen molar-refractivity contribution in [2.75, 3.05) is 31.1 Å². The van der Waals surface area contributed by atoms with Gasteiger partial charge in [0.1, 0.15) is 0 Å². The molecular weight excluding hydrogens is 246 g/mol. The van der Waals surface area contributed by atoms with Crippen molar-refractivity contribution in [2.45, 2.75) is 25.3 Å². The van der Waals surface area contributed by atoms with Crippen LogP contribution < -0.4 is 4.90 Å². The molecule has 0 amide bonds. The zero-order chi connectivity index (χ0) is 13.4. The van der Waals surface area contributed by atoms with E-state index in [-0.39, 0.29) is 10.7 Å². The highest BCUT2D eigenvalue weighted by atomic mass is 16.6. The molecule has 0 spiro atoms. The molecule has 3 rings (SSSR count). The van der Waals surface area contributed by atoms with Gasteiger partial charge in [-0.15, -0.1) is 0 Å². The van der Waals surface area contributed by atoms with Gasteiger partial charge in [0.2, 0.25) is 12.1 Å². The summed E-state index contributed by atoms with van der Waals surface area (Å²) >= 11 is 0. The summed E-state index contributed by atoms with van der Waals surface area (Å²) in [7, 11) is 1.82. The van der Waals surface area contributed by atoms with E-state index in [9.17, 15) is 10.1 Å². The van der Waals surface area contributed by atoms with E-state index in [4.69, 9.17) is 0 Å². The lowest BCUT2D eigenvalue weighted by Crippen LogP contribution is -2.55. The number of imidazole rings is 1. The Labute approximate surface area is 112 Å². The minimum Gasteiger partial charge on any atom is -0.358 e. The Morgan fingerprint density at radius 1 is 1.37 bits per heavy atom. The number of hydrogen-bond acceptors (Lipinski definition) is 5. The second kappa shape index (κ2) is 4.80. The van der Waals surface area contributed by atoms with Crippen LogP contribution >= 0.6 is 0 Å². The van der Waals surface area contributed by atoms with Crippen LogP contribution in [0.4, 0.5) is 11.6 Å². The fraction of sp³-hybridized carbons (Fsp3) is 0.750. The van der Waals surface area contributed by atoms with Crippen molar-refractivity contribution in [1.82, 2.24) is 14.5 Å². The van der Waals surface area contributed by atoms with Crippen LogP contribution in [-0.2, 0) is 7.05 Å². The van der Waals surface area contributed by atoms with Crippen LogP contribution in [0.5, 0.6) is 0 Å². The van der Waals surface area contributed by atoms with Crippen LogP contribution in [0.25, 0.3) is 0 Å². The maximum absolute atomic E-state index is 11.1. The summed E-state index contributed by atoms with van der Waals surface area (Å²) in [6.45, 7) is 3.89. The molecule has 7 nitrogen and oxygen atoms in total. The Morgan fingerprint density at radius 3 is 3.00 bits per heavy atom. The van der Waals surface area contributed by atoms with Gasteiger partial charge in [-0.25, -0.2) is 0 Å². The maximum atomic E-state index is 11.1. The Bertz CT molecular complexity index is 486. The van der Waals surface area contributed by atoms with Gasteiger partial charge in [0.25, 0.3) is 0 Å². The maximum Gasteiger partial charge on any atom is 0.406 e. The van der Waals surface area contributed by atoms with Gasteiger partial charge in [0.15, 0.2) is 0 Å². The highest BCUT2D eigenvalue weighted by Crippen LogP contribution is 2.30. The van der Waals surface area contributed by atoms with Gasteiger partial charge < -0.3 is 15.0 Å². The van der Waals surface area contributed by atoms with Gasteiger partial charge >= 0.3 is 5.82 Å². The third-order valence-corrected chi connectivity index (χ3v) is 4.20. The molecule has 1 aromatic rings. The smallest absolute Gasteiger partial charge is 0.358 e. The number of nitrogens with zero attached hydrogens (tertiary/aromatic N) is 5. The van der Waals surface area contributed by atoms with E-state index in [1.807, 2.05) is 7.05 Å². The predicted molar refractivity (Wildman–Crippen MR) is 71.3 cm³/mol. The van der Waals surface area contributed by atoms with Crippen molar-refractivity contribution in [2.24, 2.45) is 7.05 Å². The number of aromatic nitrogens is 2. The molecule has 104 valence electrons. The number of rotatable bonds is 2. The molecule has 2 aliphatic heterocycles. The summed E-state index contributed by atoms with van der Waals surface area (Å²) in [5.41, 5.74) is 0. The Hall–Kier alpha value is -1.63. The monoisotopic (exact) mass is 265 g/mol. The zero-order valence-corrected chi connectivity index (χ0v) is 11.2. The third kappa shape index (κ3) is 2.18. The van der Waals surface area contributed by atoms with E-state index in [1.165, 1.54) is 32.1 Å². The Kier molecular flexibility index (Phi) is 3.14. The molecule has 0 N–H and O–H groups in total. The number of hydrogen-bond donors (Lipinski definition) is 0. The fourth-order valence-corrected chi connectivity index (χ4v) is 3.25. The standard InChI is InChI=1S/C12H19N5O2/c1-14-9-13-11(17(18)19)12(14)16-7-6-15-5-3-2-4-10(15)8-16/h9-10H,2-8H2,1H3. The summed E-state index contributed by atoms with van der Waals surface area (Å²) in [4.78, 5) is 19.2. The van der Waals surface area contributed by atoms with E-state index in [0.29, 0.717) is 11.9 Å². The first-order valence-corrected chi connectivity index (χ1v) is 6.81. The molecule has 0 bridgehead atoms. The second-order valence-corrected chi connectivity index (χ2v) is 5.39. The minimum atomic E-state index is -0.386. The van der Waals surface area contributed by atoms with E-state index < -0.39 is 0 Å². The lowest BCUT2D eigenvalue weighted by atomic mass is 9.99. The molecule has 0 saturated carbocycles. The van der Waals surface area contributed by atoms with Crippen LogP contribution in [0.3, 0.4) is 0 Å². The van der Waals surface area contributed by atoms with E-state index in [1.54, 1.807) is 4.57 Å². The number of piperidine rings is 1. The summed E-state index contributed by atoms with van der Waals surface area (Å²) in [5, 5.41) is 11.1. The normalized spacial score (nSPS) is 24.3. The van der Waals surface area contributed by atoms with Gasteiger partial charge in [-0.1, -0.05) is 6.42 Å². The van der Waals surface area contributed by atoms with Gasteiger partial charge in [-0.2, -0.15) is 0 Å². The zero-order valence-electron chi connectivity index (χ0n) is 11.2. The van der Waals surface area contributed by atoms with Gasteiger partial charge in [0.05, 0.1) is 0 Å². The molecule has 7 heteroatoms. The fourth-order valence-electron chi connectivity index (χ4n) is 3.25. The molecule has 2 saturated heterocycles. The van der Waals surface area contributed by atoms with Crippen LogP contribution in [0.2, 0.25) is 0 Å². The second-order valence-electron chi connectivity index (χ2n) is 5.39. The summed E-state index contributed by atoms with van der Waals surface area (Å²) in [6.07, 6.45) is 5.27. The van der Waals surface area contributed by atoms with Crippen molar-refractivity contribution in [3.63, 3.8) is 0 Å². The minimum absolute atomic E-state index is 0.0215. The number of fused-ring (bicyclic) bond motifs is 1. The predicted octanol–water partition coefficient (Wildman–Crippen LogP) is 1.00. The van der Waals surface area contributed by atoms with Crippen molar-refractivity contribution in [1.29, 1.82) is 0 Å². The van der Waals surface area contributed by atoms with Gasteiger partial charge in [-0.3, -0.25) is 9.47 Å². The summed E-state index contributed by atoms with van der Waals surface area (Å²) in [6, 6.07) is 0.539. The summed E-state index contributed by atoms with van der Waals surface area (Å²) in [5.74, 6) is 0.627. The van der Waals surface area contributed by atoms with Gasteiger partial charge in [0, 0.05) is 32.7 Å². The Morgan fingerprint density at radius 2 is 2.21 bits per heavy atom. The molecule has 0 aliphatic carbocycles. The molecular formula is C12H19N5O2. The molecule has 3 heterocycles. The first kappa shape index (κ1) is 12.4. The molecule has 0 aromatic carbocycles. The number of anilines is 1. The molecule has 1 aromatic heterocycles. The van der Waals surface area contributed by atoms with E-state index in [2.05, 4.69) is 14.8 Å². The Balaban J connectivity index is 1.83.